The van der Waals surface area contributed by atoms with Gasteiger partial charge >= 0.3 is 0 Å². The summed E-state index contributed by atoms with van der Waals surface area (Å²) in [6.45, 7) is 6.05. The minimum atomic E-state index is -0.158. The molecule has 0 bridgehead atoms. The Balaban J connectivity index is 2.53. The third-order valence-corrected chi connectivity index (χ3v) is 2.91. The molecule has 1 aromatic carbocycles. The van der Waals surface area contributed by atoms with E-state index in [1.54, 1.807) is 6.07 Å². The lowest BCUT2D eigenvalue weighted by molar-refractivity contribution is -0.117. The fourth-order valence-corrected chi connectivity index (χ4v) is 2.17. The molecule has 1 aliphatic rings. The van der Waals surface area contributed by atoms with Crippen molar-refractivity contribution in [2.24, 2.45) is 0 Å². The number of carbonyl (C=O) groups is 1. The molecule has 1 aromatic rings. The number of benzene rings is 1. The van der Waals surface area contributed by atoms with Crippen molar-refractivity contribution in [2.75, 3.05) is 16.0 Å². The second-order valence-corrected chi connectivity index (χ2v) is 4.44. The predicted octanol–water partition coefficient (Wildman–Crippen LogP) is 1.82. The van der Waals surface area contributed by atoms with Gasteiger partial charge in [0, 0.05) is 11.7 Å². The minimum Gasteiger partial charge on any atom is -0.399 e. The van der Waals surface area contributed by atoms with E-state index in [4.69, 9.17) is 5.73 Å². The molecule has 0 spiro atoms. The van der Waals surface area contributed by atoms with Crippen LogP contribution < -0.4 is 16.0 Å². The molecule has 1 amide bonds. The van der Waals surface area contributed by atoms with E-state index < -0.39 is 0 Å². The van der Waals surface area contributed by atoms with Gasteiger partial charge in [0.25, 0.3) is 0 Å². The number of nitrogens with zero attached hydrogens (tertiary/aromatic N) is 1. The summed E-state index contributed by atoms with van der Waals surface area (Å²) in [4.78, 5) is 13.9. The van der Waals surface area contributed by atoms with Crippen molar-refractivity contribution in [1.82, 2.24) is 0 Å². The van der Waals surface area contributed by atoms with E-state index in [0.717, 1.165) is 11.4 Å². The van der Waals surface area contributed by atoms with E-state index in [9.17, 15) is 4.79 Å². The molecule has 0 fully saturated rings. The number of fused-ring (bicyclic) bond motifs is 1. The third kappa shape index (κ3) is 1.60. The minimum absolute atomic E-state index is 0.0333. The smallest absolute Gasteiger partial charge is 0.246 e. The van der Waals surface area contributed by atoms with Crippen LogP contribution >= 0.6 is 0 Å². The van der Waals surface area contributed by atoms with E-state index in [-0.39, 0.29) is 18.0 Å². The summed E-state index contributed by atoms with van der Waals surface area (Å²) in [6, 6.07) is 5.67. The Morgan fingerprint density at radius 1 is 1.44 bits per heavy atom. The normalized spacial score (nSPS) is 19.6. The van der Waals surface area contributed by atoms with Crippen LogP contribution in [0.15, 0.2) is 18.2 Å². The van der Waals surface area contributed by atoms with Gasteiger partial charge in [-0.3, -0.25) is 4.79 Å². The van der Waals surface area contributed by atoms with E-state index in [1.165, 1.54) is 0 Å². The topological polar surface area (TPSA) is 58.4 Å². The highest BCUT2D eigenvalue weighted by atomic mass is 16.2. The SMILES string of the molecule is CC(C)N1c2cc(N)ccc2NC(=O)C1C. The molecule has 0 aromatic heterocycles. The number of anilines is 3. The van der Waals surface area contributed by atoms with Crippen LogP contribution in [0.25, 0.3) is 0 Å². The van der Waals surface area contributed by atoms with Gasteiger partial charge in [0.2, 0.25) is 5.91 Å². The number of hydrogen-bond acceptors (Lipinski definition) is 3. The van der Waals surface area contributed by atoms with Gasteiger partial charge in [0.15, 0.2) is 0 Å². The lowest BCUT2D eigenvalue weighted by Crippen LogP contribution is -2.49. The highest BCUT2D eigenvalue weighted by Gasteiger charge is 2.30. The van der Waals surface area contributed by atoms with Crippen LogP contribution in [0.3, 0.4) is 0 Å². The Bertz CT molecular complexity index is 428. The molecule has 16 heavy (non-hydrogen) atoms. The van der Waals surface area contributed by atoms with Crippen molar-refractivity contribution >= 4 is 23.0 Å². The molecule has 4 nitrogen and oxygen atoms in total. The van der Waals surface area contributed by atoms with Crippen LogP contribution in [0.4, 0.5) is 17.1 Å². The first kappa shape index (κ1) is 10.8. The summed E-state index contributed by atoms with van der Waals surface area (Å²) in [5.41, 5.74) is 8.34. The first-order chi connectivity index (χ1) is 7.50. The molecule has 1 atom stereocenters. The molecule has 1 unspecified atom stereocenters. The zero-order valence-corrected chi connectivity index (χ0v) is 9.82. The van der Waals surface area contributed by atoms with Gasteiger partial charge in [0.1, 0.15) is 6.04 Å². The average Bonchev–Trinajstić information content (AvgIpc) is 2.20. The van der Waals surface area contributed by atoms with Crippen LogP contribution in [-0.2, 0) is 4.79 Å². The molecule has 0 saturated carbocycles. The fraction of sp³-hybridized carbons (Fsp3) is 0.417. The number of rotatable bonds is 1. The van der Waals surface area contributed by atoms with Crippen LogP contribution in [0, 0.1) is 0 Å². The summed E-state index contributed by atoms with van der Waals surface area (Å²) in [5, 5.41) is 2.89. The van der Waals surface area contributed by atoms with E-state index in [2.05, 4.69) is 24.1 Å². The maximum absolute atomic E-state index is 11.8. The van der Waals surface area contributed by atoms with Crippen LogP contribution in [0.1, 0.15) is 20.8 Å². The number of nitrogens with one attached hydrogen (secondary N) is 1. The highest BCUT2D eigenvalue weighted by molar-refractivity contribution is 6.03. The predicted molar refractivity (Wildman–Crippen MR) is 66.6 cm³/mol. The maximum atomic E-state index is 11.8. The van der Waals surface area contributed by atoms with Gasteiger partial charge in [-0.2, -0.15) is 0 Å². The summed E-state index contributed by atoms with van der Waals surface area (Å²) in [5.74, 6) is 0.0333. The second-order valence-electron chi connectivity index (χ2n) is 4.44. The average molecular weight is 219 g/mol. The number of nitrogen functional groups attached to an aromatic ring is 1. The fourth-order valence-electron chi connectivity index (χ4n) is 2.17. The molecule has 0 aliphatic carbocycles. The van der Waals surface area contributed by atoms with Gasteiger partial charge in [-0.1, -0.05) is 0 Å². The van der Waals surface area contributed by atoms with E-state index >= 15 is 0 Å². The molecule has 86 valence electrons. The molecular formula is C12H17N3O. The van der Waals surface area contributed by atoms with Gasteiger partial charge in [-0.15, -0.1) is 0 Å². The van der Waals surface area contributed by atoms with Crippen molar-refractivity contribution in [3.05, 3.63) is 18.2 Å². The summed E-state index contributed by atoms with van der Waals surface area (Å²) < 4.78 is 0. The number of nitrogens with two attached hydrogens (primary N) is 1. The van der Waals surface area contributed by atoms with Crippen molar-refractivity contribution in [1.29, 1.82) is 0 Å². The quantitative estimate of drug-likeness (QED) is 0.708. The van der Waals surface area contributed by atoms with Crippen molar-refractivity contribution < 1.29 is 4.79 Å². The van der Waals surface area contributed by atoms with Gasteiger partial charge < -0.3 is 16.0 Å². The first-order valence-electron chi connectivity index (χ1n) is 5.49. The third-order valence-electron chi connectivity index (χ3n) is 2.91. The molecule has 1 heterocycles. The molecular weight excluding hydrogens is 202 g/mol. The van der Waals surface area contributed by atoms with Crippen LogP contribution in [0.2, 0.25) is 0 Å². The Labute approximate surface area is 95.4 Å². The van der Waals surface area contributed by atoms with Gasteiger partial charge in [-0.25, -0.2) is 0 Å². The van der Waals surface area contributed by atoms with Crippen LogP contribution in [-0.4, -0.2) is 18.0 Å². The lowest BCUT2D eigenvalue weighted by Gasteiger charge is -2.39. The molecule has 4 heteroatoms. The summed E-state index contributed by atoms with van der Waals surface area (Å²) >= 11 is 0. The van der Waals surface area contributed by atoms with Gasteiger partial charge in [0.05, 0.1) is 11.4 Å². The monoisotopic (exact) mass is 219 g/mol. The molecule has 0 radical (unpaired) electrons. The van der Waals surface area contributed by atoms with Crippen molar-refractivity contribution in [2.45, 2.75) is 32.9 Å². The molecule has 1 aliphatic heterocycles. The van der Waals surface area contributed by atoms with E-state index in [0.29, 0.717) is 5.69 Å². The molecule has 2 rings (SSSR count). The molecule has 3 N–H and O–H groups in total. The van der Waals surface area contributed by atoms with Crippen LogP contribution in [0.5, 0.6) is 0 Å². The zero-order chi connectivity index (χ0) is 11.9. The van der Waals surface area contributed by atoms with Crippen molar-refractivity contribution in [3.63, 3.8) is 0 Å². The largest absolute Gasteiger partial charge is 0.399 e. The van der Waals surface area contributed by atoms with Crippen molar-refractivity contribution in [3.8, 4) is 0 Å². The number of carbonyl (C=O) groups excluding carboxylic acids is 1. The summed E-state index contributed by atoms with van der Waals surface area (Å²) in [7, 11) is 0. The molecule has 0 saturated heterocycles. The number of amides is 1. The maximum Gasteiger partial charge on any atom is 0.246 e. The standard InChI is InChI=1S/C12H17N3O/c1-7(2)15-8(3)12(16)14-10-5-4-9(13)6-11(10)15/h4-8H,13H2,1-3H3,(H,14,16). The first-order valence-corrected chi connectivity index (χ1v) is 5.49. The highest BCUT2D eigenvalue weighted by Crippen LogP contribution is 2.34. The summed E-state index contributed by atoms with van der Waals surface area (Å²) in [6.07, 6.45) is 0. The number of hydrogen-bond donors (Lipinski definition) is 2. The second kappa shape index (κ2) is 3.70. The zero-order valence-electron chi connectivity index (χ0n) is 9.82. The van der Waals surface area contributed by atoms with E-state index in [1.807, 2.05) is 19.1 Å². The Morgan fingerprint density at radius 3 is 2.75 bits per heavy atom. The lowest BCUT2D eigenvalue weighted by atomic mass is 10.1. The van der Waals surface area contributed by atoms with Gasteiger partial charge in [-0.05, 0) is 39.0 Å². The Kier molecular flexibility index (Phi) is 2.50. The Hall–Kier alpha value is -1.71. The Morgan fingerprint density at radius 2 is 2.12 bits per heavy atom.